The largest absolute Gasteiger partial charge is 0.510 e. The molecule has 4 rings (SSSR count). The fraction of sp³-hybridized carbons (Fsp3) is 0.480. The van der Waals surface area contributed by atoms with Crippen LogP contribution < -0.4 is 5.73 Å². The molecule has 3 aliphatic carbocycles. The third-order valence-electron chi connectivity index (χ3n) is 7.98. The number of hydrogen-bond donors (Lipinski definition) is 6. The van der Waals surface area contributed by atoms with E-state index in [1.807, 2.05) is 0 Å². The molecule has 0 aromatic heterocycles. The van der Waals surface area contributed by atoms with Crippen molar-refractivity contribution in [2.24, 2.45) is 17.6 Å². The van der Waals surface area contributed by atoms with Crippen molar-refractivity contribution in [1.29, 1.82) is 0 Å². The van der Waals surface area contributed by atoms with E-state index in [-0.39, 0.29) is 5.56 Å². The first-order chi connectivity index (χ1) is 18.3. The van der Waals surface area contributed by atoms with E-state index >= 15 is 0 Å². The molecule has 0 fully saturated rings. The van der Waals surface area contributed by atoms with Gasteiger partial charge < -0.3 is 31.3 Å². The SMILES string of the molecule is CN(C)[C@@H]1C(O)=C(C(N)=O)C(=O)[C@]2(O)C(O)=C3C(=O)c4c(O)cccc4[C@@H](CCC(F)(F)C(F)(F)F)[C@H]3[C@H](O)[C@@H]12. The van der Waals surface area contributed by atoms with E-state index in [9.17, 15) is 61.9 Å². The maximum atomic E-state index is 14.0. The van der Waals surface area contributed by atoms with Gasteiger partial charge in [0.25, 0.3) is 5.91 Å². The number of primary amides is 1. The summed E-state index contributed by atoms with van der Waals surface area (Å²) in [6.45, 7) is 0. The summed E-state index contributed by atoms with van der Waals surface area (Å²) in [7, 11) is 2.58. The van der Waals surface area contributed by atoms with E-state index in [0.29, 0.717) is 0 Å². The highest BCUT2D eigenvalue weighted by atomic mass is 19.4. The zero-order valence-electron chi connectivity index (χ0n) is 20.9. The van der Waals surface area contributed by atoms with Gasteiger partial charge in [-0.05, 0) is 38.1 Å². The van der Waals surface area contributed by atoms with Gasteiger partial charge in [0, 0.05) is 17.9 Å². The van der Waals surface area contributed by atoms with Crippen molar-refractivity contribution in [3.63, 3.8) is 0 Å². The van der Waals surface area contributed by atoms with Gasteiger partial charge in [-0.15, -0.1) is 0 Å². The number of ketones is 2. The monoisotopic (exact) mass is 576 g/mol. The lowest BCUT2D eigenvalue weighted by Gasteiger charge is -2.54. The Labute approximate surface area is 222 Å². The Balaban J connectivity index is 2.01. The van der Waals surface area contributed by atoms with Crippen molar-refractivity contribution in [2.45, 2.75) is 48.6 Å². The van der Waals surface area contributed by atoms with Crippen LogP contribution in [0.25, 0.3) is 0 Å². The molecule has 40 heavy (non-hydrogen) atoms. The van der Waals surface area contributed by atoms with E-state index in [1.54, 1.807) is 0 Å². The van der Waals surface area contributed by atoms with E-state index < -0.39 is 112 Å². The first kappa shape index (κ1) is 29.4. The number of aromatic hydroxyl groups is 1. The van der Waals surface area contributed by atoms with Crippen LogP contribution in [0.3, 0.4) is 0 Å². The molecule has 7 N–H and O–H groups in total. The second kappa shape index (κ2) is 9.24. The number of rotatable bonds is 5. The van der Waals surface area contributed by atoms with Crippen LogP contribution >= 0.6 is 0 Å². The lowest BCUT2D eigenvalue weighted by atomic mass is 9.54. The number of phenols is 1. The summed E-state index contributed by atoms with van der Waals surface area (Å²) < 4.78 is 67.0. The van der Waals surface area contributed by atoms with Crippen LogP contribution in [0.15, 0.2) is 40.9 Å². The Morgan fingerprint density at radius 3 is 2.23 bits per heavy atom. The number of nitrogens with two attached hydrogens (primary N) is 1. The van der Waals surface area contributed by atoms with E-state index in [1.165, 1.54) is 26.2 Å². The third-order valence-corrected chi connectivity index (χ3v) is 7.98. The number of nitrogens with zero attached hydrogens (tertiary/aromatic N) is 1. The third kappa shape index (κ3) is 3.89. The van der Waals surface area contributed by atoms with Crippen molar-refractivity contribution < 1.29 is 61.9 Å². The normalized spacial score (nSPS) is 30.8. The van der Waals surface area contributed by atoms with Crippen molar-refractivity contribution in [2.75, 3.05) is 14.1 Å². The van der Waals surface area contributed by atoms with Crippen LogP contribution in [-0.4, -0.2) is 91.8 Å². The number of phenolic OH excluding ortho intramolecular Hbond substituents is 1. The summed E-state index contributed by atoms with van der Waals surface area (Å²) in [5, 5.41) is 55.6. The molecule has 10 nitrogen and oxygen atoms in total. The smallest absolute Gasteiger partial charge is 0.453 e. The average Bonchev–Trinajstić information content (AvgIpc) is 2.82. The number of amides is 1. The number of carbonyl (C=O) groups excluding carboxylic acids is 3. The second-order valence-corrected chi connectivity index (χ2v) is 10.4. The fourth-order valence-electron chi connectivity index (χ4n) is 6.22. The number of aliphatic hydroxyl groups excluding tert-OH is 3. The molecule has 1 aromatic rings. The molecule has 0 heterocycles. The molecule has 1 aromatic carbocycles. The molecule has 0 unspecified atom stereocenters. The highest BCUT2D eigenvalue weighted by molar-refractivity contribution is 6.25. The van der Waals surface area contributed by atoms with Crippen molar-refractivity contribution in [3.05, 3.63) is 52.0 Å². The Kier molecular flexibility index (Phi) is 6.80. The minimum absolute atomic E-state index is 0.213. The van der Waals surface area contributed by atoms with Crippen LogP contribution in [0.1, 0.15) is 34.7 Å². The maximum absolute atomic E-state index is 14.0. The molecule has 0 aliphatic heterocycles. The molecule has 6 atom stereocenters. The van der Waals surface area contributed by atoms with Crippen LogP contribution in [0.2, 0.25) is 0 Å². The highest BCUT2D eigenvalue weighted by Crippen LogP contribution is 2.57. The molecule has 15 heteroatoms. The Bertz CT molecular complexity index is 1370. The van der Waals surface area contributed by atoms with Gasteiger partial charge in [0.05, 0.1) is 23.6 Å². The zero-order chi connectivity index (χ0) is 30.3. The van der Waals surface area contributed by atoms with E-state index in [2.05, 4.69) is 0 Å². The number of fused-ring (bicyclic) bond motifs is 3. The number of likely N-dealkylation sites (N-methyl/N-ethyl adjacent to an activating group) is 1. The summed E-state index contributed by atoms with van der Waals surface area (Å²) in [4.78, 5) is 40.1. The van der Waals surface area contributed by atoms with Crippen LogP contribution in [-0.2, 0) is 9.59 Å². The maximum Gasteiger partial charge on any atom is 0.453 e. The van der Waals surface area contributed by atoms with Crippen molar-refractivity contribution >= 4 is 17.5 Å². The van der Waals surface area contributed by atoms with E-state index in [4.69, 9.17) is 5.73 Å². The molecule has 218 valence electrons. The first-order valence-corrected chi connectivity index (χ1v) is 11.9. The molecule has 0 spiro atoms. The summed E-state index contributed by atoms with van der Waals surface area (Å²) in [5.74, 6) is -18.1. The number of carbonyl (C=O) groups is 3. The van der Waals surface area contributed by atoms with Gasteiger partial charge in [-0.2, -0.15) is 22.0 Å². The molecule has 1 amide bonds. The van der Waals surface area contributed by atoms with Gasteiger partial charge in [0.1, 0.15) is 22.8 Å². The number of alkyl halides is 5. The van der Waals surface area contributed by atoms with Gasteiger partial charge in [-0.1, -0.05) is 12.1 Å². The molecular formula is C25H25F5N2O8. The summed E-state index contributed by atoms with van der Waals surface area (Å²) in [6.07, 6.45) is -10.9. The van der Waals surface area contributed by atoms with Gasteiger partial charge in [-0.3, -0.25) is 19.3 Å². The predicted octanol–water partition coefficient (Wildman–Crippen LogP) is 1.61. The quantitative estimate of drug-likeness (QED) is 0.224. The molecule has 3 aliphatic rings. The summed E-state index contributed by atoms with van der Waals surface area (Å²) in [6, 6.07) is 1.74. The highest BCUT2D eigenvalue weighted by Gasteiger charge is 2.68. The minimum atomic E-state index is -5.93. The number of aliphatic hydroxyl groups is 4. The average molecular weight is 576 g/mol. The molecule has 0 saturated carbocycles. The summed E-state index contributed by atoms with van der Waals surface area (Å²) >= 11 is 0. The minimum Gasteiger partial charge on any atom is -0.510 e. The van der Waals surface area contributed by atoms with Gasteiger partial charge >= 0.3 is 12.1 Å². The Hall–Kier alpha value is -3.56. The summed E-state index contributed by atoms with van der Waals surface area (Å²) in [5.41, 5.74) is -0.904. The Morgan fingerprint density at radius 2 is 1.70 bits per heavy atom. The van der Waals surface area contributed by atoms with Crippen LogP contribution in [0.4, 0.5) is 22.0 Å². The first-order valence-electron chi connectivity index (χ1n) is 11.9. The van der Waals surface area contributed by atoms with E-state index in [0.717, 1.165) is 11.0 Å². The fourth-order valence-corrected chi connectivity index (χ4v) is 6.22. The molecular weight excluding hydrogens is 551 g/mol. The number of halogens is 5. The Morgan fingerprint density at radius 1 is 1.10 bits per heavy atom. The second-order valence-electron chi connectivity index (χ2n) is 10.4. The van der Waals surface area contributed by atoms with Crippen LogP contribution in [0.5, 0.6) is 5.75 Å². The van der Waals surface area contributed by atoms with Gasteiger partial charge in [0.15, 0.2) is 11.4 Å². The number of Topliss-reactive ketones (excluding diaryl/α,β-unsaturated/α-hetero) is 2. The zero-order valence-corrected chi connectivity index (χ0v) is 20.9. The van der Waals surface area contributed by atoms with Gasteiger partial charge in [-0.25, -0.2) is 0 Å². The lowest BCUT2D eigenvalue weighted by molar-refractivity contribution is -0.285. The lowest BCUT2D eigenvalue weighted by Crippen LogP contribution is -2.68. The topological polar surface area (TPSA) is 182 Å². The predicted molar refractivity (Wildman–Crippen MR) is 124 cm³/mol. The standard InChI is InChI=1S/C25H25F5N2O8/c1-32(2)16-15-18(35)12-9(6-7-23(26,27)25(28,29)30)8-4-3-5-10(33)11(8)17(34)13(12)20(37)24(15,40)21(38)14(19(16)36)22(31)39/h3-5,9,12,15-16,18,33,35-37,40H,6-7H2,1-2H3,(H2,31,39)/t9-,12-,15-,16+,18+,24-/m1/s1. The number of hydrogen-bond acceptors (Lipinski definition) is 9. The van der Waals surface area contributed by atoms with Crippen molar-refractivity contribution in [3.8, 4) is 5.75 Å². The molecule has 0 saturated heterocycles. The molecule has 0 bridgehead atoms. The van der Waals surface area contributed by atoms with Crippen molar-refractivity contribution in [1.82, 2.24) is 4.90 Å². The van der Waals surface area contributed by atoms with Crippen LogP contribution in [0, 0.1) is 11.8 Å². The number of benzene rings is 1. The molecule has 0 radical (unpaired) electrons. The van der Waals surface area contributed by atoms with Gasteiger partial charge in [0.2, 0.25) is 5.78 Å².